The Morgan fingerprint density at radius 2 is 2.00 bits per heavy atom. The number of carbonyl (C=O) groups excluding carboxylic acids is 4. The summed E-state index contributed by atoms with van der Waals surface area (Å²) >= 11 is 0.959. The Morgan fingerprint density at radius 3 is 2.68 bits per heavy atom. The van der Waals surface area contributed by atoms with Crippen molar-refractivity contribution in [2.24, 2.45) is 0 Å². The molecule has 2 aliphatic heterocycles. The van der Waals surface area contributed by atoms with Crippen LogP contribution in [-0.2, 0) is 40.2 Å². The van der Waals surface area contributed by atoms with Gasteiger partial charge < -0.3 is 24.8 Å². The molecule has 44 heavy (non-hydrogen) atoms. The van der Waals surface area contributed by atoms with Crippen molar-refractivity contribution in [3.05, 3.63) is 88.7 Å². The summed E-state index contributed by atoms with van der Waals surface area (Å²) in [6.07, 6.45) is 10.8. The summed E-state index contributed by atoms with van der Waals surface area (Å²) in [6, 6.07) is 2.62. The Kier molecular flexibility index (Phi) is 8.82. The number of allylic oxidation sites excluding steroid dienone is 4. The number of carbonyl (C=O) groups is 4. The number of esters is 1. The highest BCUT2D eigenvalue weighted by Crippen LogP contribution is 2.30. The van der Waals surface area contributed by atoms with E-state index in [1.165, 1.54) is 37.1 Å². The Morgan fingerprint density at radius 1 is 1.23 bits per heavy atom. The number of nitrogens with one attached hydrogen (secondary N) is 3. The molecule has 230 valence electrons. The molecule has 1 aromatic carbocycles. The van der Waals surface area contributed by atoms with E-state index in [1.54, 1.807) is 12.1 Å². The van der Waals surface area contributed by atoms with Gasteiger partial charge in [-0.1, -0.05) is 30.4 Å². The zero-order valence-electron chi connectivity index (χ0n) is 23.4. The van der Waals surface area contributed by atoms with Crippen molar-refractivity contribution in [1.82, 2.24) is 15.2 Å². The number of nitrogens with zero attached hydrogens (tertiary/aromatic N) is 2. The molecule has 5 rings (SSSR count). The molecule has 4 amide bonds. The third-order valence-electron chi connectivity index (χ3n) is 6.60. The van der Waals surface area contributed by atoms with E-state index in [0.29, 0.717) is 23.4 Å². The molecule has 2 atom stereocenters. The SMILES string of the molecule is COC(=O)c1csc(NC(=O)[C@H](Cc2ccc(NS(C)(=O)=O)cc2)N2C(=O)NC(C3=COC=C(C4=CC=CCC4)O3)C2=O)n1. The standard InChI is InChI=1S/C28H27N5O9S2/c1-40-26(36)19-15-43-27(29-19)31-24(34)20(12-16-8-10-18(11-9-16)32-44(2,38)39)33-25(35)23(30-28(33)37)22-14-41-13-21(42-22)17-6-4-3-5-7-17/h3-4,6,8-11,13-15,20,23,32H,5,7,12H2,1-2H3,(H,30,37)(H,29,31,34)/t20-,23?/m0/s1. The van der Waals surface area contributed by atoms with E-state index in [1.807, 2.05) is 18.2 Å². The van der Waals surface area contributed by atoms with Gasteiger partial charge in [-0.2, -0.15) is 0 Å². The quantitative estimate of drug-likeness (QED) is 0.258. The summed E-state index contributed by atoms with van der Waals surface area (Å²) in [5.41, 5.74) is 1.63. The van der Waals surface area contributed by atoms with Gasteiger partial charge in [-0.05, 0) is 36.1 Å². The summed E-state index contributed by atoms with van der Waals surface area (Å²) in [5.74, 6) is -1.78. The molecule has 3 heterocycles. The Hall–Kier alpha value is -4.96. The van der Waals surface area contributed by atoms with Crippen molar-refractivity contribution in [2.45, 2.75) is 31.3 Å². The van der Waals surface area contributed by atoms with E-state index in [4.69, 9.17) is 9.47 Å². The van der Waals surface area contributed by atoms with E-state index in [0.717, 1.165) is 34.5 Å². The second-order valence-electron chi connectivity index (χ2n) is 9.80. The summed E-state index contributed by atoms with van der Waals surface area (Å²) in [5, 5.41) is 6.58. The number of hydrogen-bond acceptors (Lipinski definition) is 11. The molecular formula is C28H27N5O9S2. The lowest BCUT2D eigenvalue weighted by Crippen LogP contribution is -2.49. The van der Waals surface area contributed by atoms with Gasteiger partial charge in [0.1, 0.15) is 18.6 Å². The molecular weight excluding hydrogens is 614 g/mol. The summed E-state index contributed by atoms with van der Waals surface area (Å²) in [4.78, 5) is 57.3. The molecule has 0 bridgehead atoms. The lowest BCUT2D eigenvalue weighted by Gasteiger charge is -2.25. The van der Waals surface area contributed by atoms with Gasteiger partial charge in [0.15, 0.2) is 28.4 Å². The van der Waals surface area contributed by atoms with Crippen molar-refractivity contribution < 1.29 is 41.8 Å². The van der Waals surface area contributed by atoms with E-state index < -0.39 is 45.9 Å². The van der Waals surface area contributed by atoms with Gasteiger partial charge in [0, 0.05) is 17.5 Å². The monoisotopic (exact) mass is 641 g/mol. The fourth-order valence-corrected chi connectivity index (χ4v) is 5.81. The van der Waals surface area contributed by atoms with Gasteiger partial charge >= 0.3 is 12.0 Å². The average molecular weight is 642 g/mol. The molecule has 1 aromatic heterocycles. The molecule has 1 fully saturated rings. The van der Waals surface area contributed by atoms with Crippen LogP contribution in [0, 0.1) is 0 Å². The lowest BCUT2D eigenvalue weighted by molar-refractivity contribution is -0.134. The Bertz CT molecular complexity index is 1730. The topological polar surface area (TPSA) is 182 Å². The van der Waals surface area contributed by atoms with E-state index in [2.05, 4.69) is 25.1 Å². The van der Waals surface area contributed by atoms with Gasteiger partial charge in [0.2, 0.25) is 15.9 Å². The van der Waals surface area contributed by atoms with Gasteiger partial charge in [-0.25, -0.2) is 27.9 Å². The average Bonchev–Trinajstić information content (AvgIpc) is 3.59. The van der Waals surface area contributed by atoms with Gasteiger partial charge in [-0.15, -0.1) is 11.3 Å². The smallest absolute Gasteiger partial charge is 0.357 e. The van der Waals surface area contributed by atoms with Crippen molar-refractivity contribution in [3.63, 3.8) is 0 Å². The molecule has 1 aliphatic carbocycles. The molecule has 3 aliphatic rings. The number of benzene rings is 1. The van der Waals surface area contributed by atoms with Crippen LogP contribution in [0.1, 0.15) is 28.9 Å². The van der Waals surface area contributed by atoms with E-state index >= 15 is 0 Å². The number of ether oxygens (including phenoxy) is 3. The van der Waals surface area contributed by atoms with Crippen LogP contribution < -0.4 is 15.4 Å². The van der Waals surface area contributed by atoms with Crippen LogP contribution in [0.3, 0.4) is 0 Å². The number of hydrogen-bond donors (Lipinski definition) is 3. The minimum atomic E-state index is -3.52. The third kappa shape index (κ3) is 6.98. The largest absolute Gasteiger partial charge is 0.465 e. The second-order valence-corrected chi connectivity index (χ2v) is 12.4. The number of thiazole rings is 1. The minimum absolute atomic E-state index is 0.0258. The van der Waals surface area contributed by atoms with Crippen LogP contribution >= 0.6 is 11.3 Å². The molecule has 0 spiro atoms. The van der Waals surface area contributed by atoms with Gasteiger partial charge in [0.25, 0.3) is 5.91 Å². The van der Waals surface area contributed by atoms with Gasteiger partial charge in [-0.3, -0.25) is 14.3 Å². The highest BCUT2D eigenvalue weighted by molar-refractivity contribution is 7.92. The van der Waals surface area contributed by atoms with E-state index in [-0.39, 0.29) is 23.0 Å². The number of aromatic nitrogens is 1. The predicted octanol–water partition coefficient (Wildman–Crippen LogP) is 2.78. The number of urea groups is 1. The highest BCUT2D eigenvalue weighted by atomic mass is 32.2. The minimum Gasteiger partial charge on any atom is -0.465 e. The molecule has 1 unspecified atom stereocenters. The summed E-state index contributed by atoms with van der Waals surface area (Å²) < 4.78 is 41.5. The zero-order chi connectivity index (χ0) is 31.4. The first kappa shape index (κ1) is 30.5. The van der Waals surface area contributed by atoms with Crippen LogP contribution in [0.15, 0.2) is 77.5 Å². The van der Waals surface area contributed by atoms with Crippen LogP contribution in [0.5, 0.6) is 0 Å². The molecule has 1 saturated heterocycles. The Balaban J connectivity index is 1.39. The van der Waals surface area contributed by atoms with Crippen LogP contribution in [-0.4, -0.2) is 67.6 Å². The number of amides is 4. The fourth-order valence-electron chi connectivity index (χ4n) is 4.56. The second kappa shape index (κ2) is 12.7. The normalized spacial score (nSPS) is 18.6. The highest BCUT2D eigenvalue weighted by Gasteiger charge is 2.47. The molecule has 14 nitrogen and oxygen atoms in total. The number of anilines is 2. The first-order chi connectivity index (χ1) is 21.0. The number of rotatable bonds is 10. The van der Waals surface area contributed by atoms with Crippen LogP contribution in [0.4, 0.5) is 15.6 Å². The van der Waals surface area contributed by atoms with Crippen molar-refractivity contribution in [3.8, 4) is 0 Å². The maximum atomic E-state index is 13.7. The number of sulfonamides is 1. The fraction of sp³-hybridized carbons (Fsp3) is 0.250. The molecule has 16 heteroatoms. The Labute approximate surface area is 256 Å². The first-order valence-electron chi connectivity index (χ1n) is 13.2. The van der Waals surface area contributed by atoms with Gasteiger partial charge in [0.05, 0.1) is 13.4 Å². The van der Waals surface area contributed by atoms with E-state index in [9.17, 15) is 27.6 Å². The van der Waals surface area contributed by atoms with Crippen molar-refractivity contribution >= 4 is 56.0 Å². The molecule has 3 N–H and O–H groups in total. The number of methoxy groups -OCH3 is 1. The summed E-state index contributed by atoms with van der Waals surface area (Å²) in [7, 11) is -2.33. The molecule has 0 saturated carbocycles. The summed E-state index contributed by atoms with van der Waals surface area (Å²) in [6.45, 7) is 0. The lowest BCUT2D eigenvalue weighted by atomic mass is 10.0. The first-order valence-corrected chi connectivity index (χ1v) is 15.9. The zero-order valence-corrected chi connectivity index (χ0v) is 25.1. The number of imide groups is 1. The predicted molar refractivity (Wildman–Crippen MR) is 158 cm³/mol. The van der Waals surface area contributed by atoms with Crippen molar-refractivity contribution in [1.29, 1.82) is 0 Å². The maximum Gasteiger partial charge on any atom is 0.357 e. The van der Waals surface area contributed by atoms with Crippen LogP contribution in [0.2, 0.25) is 0 Å². The molecule has 2 aromatic rings. The third-order valence-corrected chi connectivity index (χ3v) is 7.97. The van der Waals surface area contributed by atoms with Crippen LogP contribution in [0.25, 0.3) is 0 Å². The molecule has 0 radical (unpaired) electrons. The van der Waals surface area contributed by atoms with Crippen molar-refractivity contribution in [2.75, 3.05) is 23.4 Å². The maximum absolute atomic E-state index is 13.7.